The first-order chi connectivity index (χ1) is 10.3. The van der Waals surface area contributed by atoms with Crippen LogP contribution in [0.5, 0.6) is 0 Å². The molecule has 0 saturated carbocycles. The Bertz CT molecular complexity index is 616. The van der Waals surface area contributed by atoms with Crippen LogP contribution >= 0.6 is 0 Å². The van der Waals surface area contributed by atoms with Gasteiger partial charge < -0.3 is 9.64 Å². The summed E-state index contributed by atoms with van der Waals surface area (Å²) in [6, 6.07) is 9.93. The maximum absolute atomic E-state index is 12.0. The van der Waals surface area contributed by atoms with Gasteiger partial charge in [-0.3, -0.25) is 5.10 Å². The van der Waals surface area contributed by atoms with Crippen LogP contribution in [0, 0.1) is 0 Å². The lowest BCUT2D eigenvalue weighted by molar-refractivity contribution is 0.0594. The average Bonchev–Trinajstić information content (AvgIpc) is 3.00. The minimum Gasteiger partial charge on any atom is -0.464 e. The van der Waals surface area contributed by atoms with E-state index in [9.17, 15) is 4.79 Å². The molecule has 2 aromatic rings. The topological polar surface area (TPSA) is 58.2 Å². The zero-order chi connectivity index (χ0) is 14.7. The molecule has 0 bridgehead atoms. The van der Waals surface area contributed by atoms with Crippen molar-refractivity contribution >= 4 is 11.7 Å². The van der Waals surface area contributed by atoms with Crippen LogP contribution in [0.3, 0.4) is 0 Å². The summed E-state index contributed by atoms with van der Waals surface area (Å²) in [5.74, 6) is -0.370. The Morgan fingerprint density at radius 2 is 1.90 bits per heavy atom. The number of aromatic amines is 1. The van der Waals surface area contributed by atoms with E-state index in [0.717, 1.165) is 42.9 Å². The molecule has 21 heavy (non-hydrogen) atoms. The van der Waals surface area contributed by atoms with Gasteiger partial charge in [-0.1, -0.05) is 30.3 Å². The summed E-state index contributed by atoms with van der Waals surface area (Å²) in [7, 11) is 1.39. The van der Waals surface area contributed by atoms with Crippen molar-refractivity contribution < 1.29 is 9.53 Å². The number of ether oxygens (including phenoxy) is 1. The predicted octanol–water partition coefficient (Wildman–Crippen LogP) is 2.85. The fraction of sp³-hybridized carbons (Fsp3) is 0.375. The van der Waals surface area contributed by atoms with Crippen LogP contribution in [-0.4, -0.2) is 36.4 Å². The maximum Gasteiger partial charge on any atom is 0.358 e. The number of nitrogens with one attached hydrogen (secondary N) is 1. The number of carbonyl (C=O) groups excluding carboxylic acids is 1. The van der Waals surface area contributed by atoms with Crippen LogP contribution in [0.4, 0.5) is 5.69 Å². The molecule has 110 valence electrons. The van der Waals surface area contributed by atoms with E-state index in [0.29, 0.717) is 5.69 Å². The number of methoxy groups -OCH3 is 1. The Morgan fingerprint density at radius 3 is 2.57 bits per heavy atom. The number of esters is 1. The average molecular weight is 285 g/mol. The number of nitrogens with zero attached hydrogens (tertiary/aromatic N) is 2. The molecule has 1 aliphatic rings. The Balaban J connectivity index is 2.07. The van der Waals surface area contributed by atoms with E-state index in [1.54, 1.807) is 0 Å². The van der Waals surface area contributed by atoms with E-state index in [2.05, 4.69) is 15.1 Å². The van der Waals surface area contributed by atoms with Crippen molar-refractivity contribution in [2.24, 2.45) is 0 Å². The zero-order valence-corrected chi connectivity index (χ0v) is 12.1. The largest absolute Gasteiger partial charge is 0.464 e. The second-order valence-electron chi connectivity index (χ2n) is 5.20. The molecular formula is C16H19N3O2. The van der Waals surface area contributed by atoms with E-state index in [4.69, 9.17) is 4.74 Å². The molecule has 1 aliphatic heterocycles. The molecular weight excluding hydrogens is 266 g/mol. The molecule has 0 unspecified atom stereocenters. The number of hydrogen-bond acceptors (Lipinski definition) is 4. The van der Waals surface area contributed by atoms with Gasteiger partial charge in [0, 0.05) is 18.7 Å². The summed E-state index contributed by atoms with van der Waals surface area (Å²) in [6.07, 6.45) is 3.52. The molecule has 5 nitrogen and oxygen atoms in total. The second-order valence-corrected chi connectivity index (χ2v) is 5.20. The smallest absolute Gasteiger partial charge is 0.358 e. The molecule has 1 N–H and O–H groups in total. The first kappa shape index (κ1) is 13.7. The van der Waals surface area contributed by atoms with Crippen molar-refractivity contribution in [1.82, 2.24) is 10.2 Å². The van der Waals surface area contributed by atoms with E-state index >= 15 is 0 Å². The third-order valence-corrected chi connectivity index (χ3v) is 3.85. The van der Waals surface area contributed by atoms with Crippen molar-refractivity contribution in [3.05, 3.63) is 36.0 Å². The van der Waals surface area contributed by atoms with Gasteiger partial charge in [0.05, 0.1) is 12.8 Å². The summed E-state index contributed by atoms with van der Waals surface area (Å²) in [6.45, 7) is 1.90. The molecule has 3 rings (SSSR count). The van der Waals surface area contributed by atoms with Crippen LogP contribution in [0.1, 0.15) is 29.8 Å². The first-order valence-corrected chi connectivity index (χ1v) is 7.28. The van der Waals surface area contributed by atoms with Crippen LogP contribution < -0.4 is 4.90 Å². The van der Waals surface area contributed by atoms with Crippen molar-refractivity contribution in [2.45, 2.75) is 19.3 Å². The Hall–Kier alpha value is -2.30. The Morgan fingerprint density at radius 1 is 1.19 bits per heavy atom. The lowest BCUT2D eigenvalue weighted by Gasteiger charge is -2.29. The number of benzene rings is 1. The van der Waals surface area contributed by atoms with Gasteiger partial charge in [0.25, 0.3) is 0 Å². The molecule has 1 fully saturated rings. The summed E-state index contributed by atoms with van der Waals surface area (Å²) in [4.78, 5) is 14.2. The quantitative estimate of drug-likeness (QED) is 0.881. The molecule has 0 radical (unpaired) electrons. The third-order valence-electron chi connectivity index (χ3n) is 3.85. The highest BCUT2D eigenvalue weighted by atomic mass is 16.5. The SMILES string of the molecule is COC(=O)c1[nH]nc(-c2ccccc2)c1N1CCCCC1. The van der Waals surface area contributed by atoms with Gasteiger partial charge in [0.15, 0.2) is 5.69 Å². The number of carbonyl (C=O) groups is 1. The molecule has 0 aliphatic carbocycles. The lowest BCUT2D eigenvalue weighted by atomic mass is 10.1. The van der Waals surface area contributed by atoms with Gasteiger partial charge >= 0.3 is 5.97 Å². The number of rotatable bonds is 3. The summed E-state index contributed by atoms with van der Waals surface area (Å²) < 4.78 is 4.88. The molecule has 0 amide bonds. The fourth-order valence-electron chi connectivity index (χ4n) is 2.80. The molecule has 0 atom stereocenters. The summed E-state index contributed by atoms with van der Waals surface area (Å²) in [5.41, 5.74) is 3.13. The van der Waals surface area contributed by atoms with Crippen LogP contribution in [0.25, 0.3) is 11.3 Å². The van der Waals surface area contributed by atoms with Gasteiger partial charge in [0.1, 0.15) is 5.69 Å². The van der Waals surface area contributed by atoms with Crippen molar-refractivity contribution in [3.8, 4) is 11.3 Å². The maximum atomic E-state index is 12.0. The monoisotopic (exact) mass is 285 g/mol. The number of hydrogen-bond donors (Lipinski definition) is 1. The standard InChI is InChI=1S/C16H19N3O2/c1-21-16(20)14-15(19-10-6-3-7-11-19)13(17-18-14)12-8-4-2-5-9-12/h2,4-5,8-9H,3,6-7,10-11H2,1H3,(H,17,18). The summed E-state index contributed by atoms with van der Waals surface area (Å²) >= 11 is 0. The highest BCUT2D eigenvalue weighted by Crippen LogP contribution is 2.34. The fourth-order valence-corrected chi connectivity index (χ4v) is 2.80. The van der Waals surface area contributed by atoms with E-state index in [-0.39, 0.29) is 5.97 Å². The summed E-state index contributed by atoms with van der Waals surface area (Å²) in [5, 5.41) is 7.22. The van der Waals surface area contributed by atoms with Crippen LogP contribution in [0.15, 0.2) is 30.3 Å². The lowest BCUT2D eigenvalue weighted by Crippen LogP contribution is -2.31. The molecule has 1 aromatic carbocycles. The number of piperidine rings is 1. The minimum absolute atomic E-state index is 0.370. The normalized spacial score (nSPS) is 15.0. The highest BCUT2D eigenvalue weighted by Gasteiger charge is 2.26. The van der Waals surface area contributed by atoms with Crippen molar-refractivity contribution in [1.29, 1.82) is 0 Å². The molecule has 5 heteroatoms. The predicted molar refractivity (Wildman–Crippen MR) is 81.4 cm³/mol. The number of H-pyrrole nitrogens is 1. The van der Waals surface area contributed by atoms with E-state index in [1.165, 1.54) is 13.5 Å². The first-order valence-electron chi connectivity index (χ1n) is 7.28. The van der Waals surface area contributed by atoms with Gasteiger partial charge in [-0.2, -0.15) is 5.10 Å². The number of aromatic nitrogens is 2. The molecule has 1 aromatic heterocycles. The van der Waals surface area contributed by atoms with Gasteiger partial charge in [-0.05, 0) is 19.3 Å². The highest BCUT2D eigenvalue weighted by molar-refractivity contribution is 5.98. The van der Waals surface area contributed by atoms with Gasteiger partial charge in [0.2, 0.25) is 0 Å². The van der Waals surface area contributed by atoms with Crippen LogP contribution in [0.2, 0.25) is 0 Å². The van der Waals surface area contributed by atoms with E-state index < -0.39 is 0 Å². The minimum atomic E-state index is -0.370. The van der Waals surface area contributed by atoms with Crippen molar-refractivity contribution in [3.63, 3.8) is 0 Å². The van der Waals surface area contributed by atoms with Crippen LogP contribution in [-0.2, 0) is 4.74 Å². The van der Waals surface area contributed by atoms with Gasteiger partial charge in [-0.25, -0.2) is 4.79 Å². The number of anilines is 1. The molecule has 1 saturated heterocycles. The zero-order valence-electron chi connectivity index (χ0n) is 12.1. The van der Waals surface area contributed by atoms with Crippen molar-refractivity contribution in [2.75, 3.05) is 25.1 Å². The Kier molecular flexibility index (Phi) is 3.90. The molecule has 0 spiro atoms. The second kappa shape index (κ2) is 5.99. The van der Waals surface area contributed by atoms with Gasteiger partial charge in [-0.15, -0.1) is 0 Å². The Labute approximate surface area is 123 Å². The third kappa shape index (κ3) is 2.63. The van der Waals surface area contributed by atoms with E-state index in [1.807, 2.05) is 30.3 Å². The molecule has 2 heterocycles.